The summed E-state index contributed by atoms with van der Waals surface area (Å²) in [5, 5.41) is 10.4. The molecule has 4 N–H and O–H groups in total. The predicted octanol–water partition coefficient (Wildman–Crippen LogP) is 3.24. The third-order valence-corrected chi connectivity index (χ3v) is 6.80. The highest BCUT2D eigenvalue weighted by Crippen LogP contribution is 2.37. The van der Waals surface area contributed by atoms with Crippen molar-refractivity contribution >= 4 is 28.5 Å². The Kier molecular flexibility index (Phi) is 4.88. The Morgan fingerprint density at radius 2 is 1.97 bits per heavy atom. The van der Waals surface area contributed by atoms with Gasteiger partial charge in [0.15, 0.2) is 0 Å². The number of piperidine rings is 1. The van der Waals surface area contributed by atoms with Crippen LogP contribution in [0.2, 0.25) is 0 Å². The monoisotopic (exact) mass is 452 g/mol. The van der Waals surface area contributed by atoms with Gasteiger partial charge in [-0.15, -0.1) is 0 Å². The standard InChI is InChI=1S/C26H24N6O2/c33-24-18-13-21(31-23(18)26(15-29-24)9-3-10-27-14-26)17-8-11-28-22(12-17)32-25(34)20-7-6-16-4-1-2-5-19(16)30-20/h1-2,4-8,11-13,27,31H,3,9-10,14-15H2,(H,29,33)(H,28,32,34). The van der Waals surface area contributed by atoms with E-state index in [0.717, 1.165) is 53.8 Å². The van der Waals surface area contributed by atoms with Gasteiger partial charge < -0.3 is 20.9 Å². The molecule has 0 saturated carbocycles. The van der Waals surface area contributed by atoms with Crippen molar-refractivity contribution < 1.29 is 9.59 Å². The molecule has 34 heavy (non-hydrogen) atoms. The summed E-state index contributed by atoms with van der Waals surface area (Å²) in [4.78, 5) is 37.7. The van der Waals surface area contributed by atoms with Gasteiger partial charge in [-0.2, -0.15) is 0 Å². The van der Waals surface area contributed by atoms with Gasteiger partial charge in [-0.1, -0.05) is 24.3 Å². The van der Waals surface area contributed by atoms with Gasteiger partial charge in [-0.3, -0.25) is 9.59 Å². The number of rotatable bonds is 3. The Bertz CT molecular complexity index is 1420. The highest BCUT2D eigenvalue weighted by molar-refractivity contribution is 6.04. The van der Waals surface area contributed by atoms with Gasteiger partial charge >= 0.3 is 0 Å². The molecule has 4 aromatic rings. The highest BCUT2D eigenvalue weighted by Gasteiger charge is 2.42. The molecule has 170 valence electrons. The second-order valence-corrected chi connectivity index (χ2v) is 8.99. The molecule has 1 spiro atoms. The summed E-state index contributed by atoms with van der Waals surface area (Å²) in [6, 6.07) is 16.8. The molecule has 8 heteroatoms. The molecule has 2 aliphatic heterocycles. The first-order chi connectivity index (χ1) is 16.6. The number of pyridine rings is 2. The molecule has 1 unspecified atom stereocenters. The van der Waals surface area contributed by atoms with Crippen molar-refractivity contribution in [2.45, 2.75) is 18.3 Å². The van der Waals surface area contributed by atoms with E-state index in [0.29, 0.717) is 23.6 Å². The molecule has 5 heterocycles. The zero-order valence-corrected chi connectivity index (χ0v) is 18.5. The lowest BCUT2D eigenvalue weighted by Gasteiger charge is -2.40. The Morgan fingerprint density at radius 1 is 1.06 bits per heavy atom. The number of benzene rings is 1. The average molecular weight is 453 g/mol. The Morgan fingerprint density at radius 3 is 2.85 bits per heavy atom. The van der Waals surface area contributed by atoms with Crippen molar-refractivity contribution in [3.05, 3.63) is 77.7 Å². The van der Waals surface area contributed by atoms with Crippen LogP contribution in [0.1, 0.15) is 39.4 Å². The van der Waals surface area contributed by atoms with Crippen LogP contribution in [0.4, 0.5) is 5.82 Å². The molecular weight excluding hydrogens is 428 g/mol. The maximum Gasteiger partial charge on any atom is 0.275 e. The van der Waals surface area contributed by atoms with Crippen molar-refractivity contribution in [2.75, 3.05) is 25.0 Å². The van der Waals surface area contributed by atoms with Crippen LogP contribution in [0.25, 0.3) is 22.2 Å². The van der Waals surface area contributed by atoms with Crippen LogP contribution in [0.3, 0.4) is 0 Å². The van der Waals surface area contributed by atoms with E-state index in [-0.39, 0.29) is 17.2 Å². The van der Waals surface area contributed by atoms with Crippen LogP contribution in [-0.4, -0.2) is 46.4 Å². The van der Waals surface area contributed by atoms with Crippen LogP contribution in [-0.2, 0) is 5.41 Å². The number of hydrogen-bond donors (Lipinski definition) is 4. The van der Waals surface area contributed by atoms with Gasteiger partial charge in [0.2, 0.25) is 0 Å². The zero-order chi connectivity index (χ0) is 23.1. The van der Waals surface area contributed by atoms with E-state index in [2.05, 4.69) is 30.9 Å². The van der Waals surface area contributed by atoms with E-state index in [1.807, 2.05) is 42.5 Å². The van der Waals surface area contributed by atoms with Gasteiger partial charge in [0.05, 0.1) is 11.1 Å². The van der Waals surface area contributed by atoms with Crippen molar-refractivity contribution in [3.8, 4) is 11.3 Å². The minimum atomic E-state index is -0.326. The van der Waals surface area contributed by atoms with E-state index < -0.39 is 0 Å². The maximum atomic E-state index is 12.8. The van der Waals surface area contributed by atoms with E-state index in [4.69, 9.17) is 0 Å². The summed E-state index contributed by atoms with van der Waals surface area (Å²) in [6.45, 7) is 2.46. The van der Waals surface area contributed by atoms with E-state index >= 15 is 0 Å². The molecule has 2 amide bonds. The first-order valence-electron chi connectivity index (χ1n) is 11.5. The smallest absolute Gasteiger partial charge is 0.275 e. The van der Waals surface area contributed by atoms with E-state index in [9.17, 15) is 9.59 Å². The predicted molar refractivity (Wildman–Crippen MR) is 130 cm³/mol. The third-order valence-electron chi connectivity index (χ3n) is 6.80. The lowest BCUT2D eigenvalue weighted by atomic mass is 9.74. The van der Waals surface area contributed by atoms with Gasteiger partial charge in [-0.05, 0) is 49.7 Å². The quantitative estimate of drug-likeness (QED) is 0.381. The Hall–Kier alpha value is -4.04. The van der Waals surface area contributed by atoms with E-state index in [1.54, 1.807) is 18.3 Å². The number of fused-ring (bicyclic) bond motifs is 3. The summed E-state index contributed by atoms with van der Waals surface area (Å²) < 4.78 is 0. The number of nitrogens with one attached hydrogen (secondary N) is 4. The second kappa shape index (κ2) is 8.07. The summed E-state index contributed by atoms with van der Waals surface area (Å²) in [5.41, 5.74) is 4.31. The lowest BCUT2D eigenvalue weighted by molar-refractivity contribution is 0.0915. The first kappa shape index (κ1) is 20.6. The van der Waals surface area contributed by atoms with Gasteiger partial charge in [0.25, 0.3) is 11.8 Å². The first-order valence-corrected chi connectivity index (χ1v) is 11.5. The normalized spacial score (nSPS) is 19.6. The summed E-state index contributed by atoms with van der Waals surface area (Å²) in [5.74, 6) is 0.0370. The number of para-hydroxylation sites is 1. The Labute approximate surface area is 196 Å². The number of aromatic amines is 1. The molecule has 8 nitrogen and oxygen atoms in total. The molecule has 1 saturated heterocycles. The van der Waals surface area contributed by atoms with Crippen molar-refractivity contribution in [2.24, 2.45) is 0 Å². The van der Waals surface area contributed by atoms with Gasteiger partial charge in [-0.25, -0.2) is 9.97 Å². The van der Waals surface area contributed by atoms with Gasteiger partial charge in [0, 0.05) is 47.0 Å². The molecule has 0 bridgehead atoms. The minimum Gasteiger partial charge on any atom is -0.357 e. The van der Waals surface area contributed by atoms with Crippen molar-refractivity contribution in [1.29, 1.82) is 0 Å². The number of amides is 2. The number of aromatic nitrogens is 3. The molecule has 6 rings (SSSR count). The molecule has 1 atom stereocenters. The fourth-order valence-electron chi connectivity index (χ4n) is 5.01. The minimum absolute atomic E-state index is 0.0568. The molecule has 0 radical (unpaired) electrons. The van der Waals surface area contributed by atoms with Crippen LogP contribution in [0.5, 0.6) is 0 Å². The summed E-state index contributed by atoms with van der Waals surface area (Å²) in [6.07, 6.45) is 3.73. The summed E-state index contributed by atoms with van der Waals surface area (Å²) >= 11 is 0. The largest absolute Gasteiger partial charge is 0.357 e. The molecule has 3 aromatic heterocycles. The molecular formula is C26H24N6O2. The number of carbonyl (C=O) groups excluding carboxylic acids is 2. The zero-order valence-electron chi connectivity index (χ0n) is 18.5. The van der Waals surface area contributed by atoms with Gasteiger partial charge in [0.1, 0.15) is 11.5 Å². The van der Waals surface area contributed by atoms with Crippen molar-refractivity contribution in [1.82, 2.24) is 25.6 Å². The Balaban J connectivity index is 1.29. The van der Waals surface area contributed by atoms with Crippen LogP contribution < -0.4 is 16.0 Å². The maximum absolute atomic E-state index is 12.8. The molecule has 1 aromatic carbocycles. The van der Waals surface area contributed by atoms with Crippen molar-refractivity contribution in [3.63, 3.8) is 0 Å². The molecule has 1 fully saturated rings. The number of H-pyrrole nitrogens is 1. The average Bonchev–Trinajstić information content (AvgIpc) is 3.35. The fourth-order valence-corrected chi connectivity index (χ4v) is 5.01. The van der Waals surface area contributed by atoms with Crippen LogP contribution in [0.15, 0.2) is 60.8 Å². The summed E-state index contributed by atoms with van der Waals surface area (Å²) in [7, 11) is 0. The number of carbonyl (C=O) groups is 2. The third kappa shape index (κ3) is 3.52. The second-order valence-electron chi connectivity index (χ2n) is 8.99. The topological polar surface area (TPSA) is 112 Å². The van der Waals surface area contributed by atoms with Crippen LogP contribution >= 0.6 is 0 Å². The number of hydrogen-bond acceptors (Lipinski definition) is 5. The number of nitrogens with zero attached hydrogens (tertiary/aromatic N) is 2. The van der Waals surface area contributed by atoms with E-state index in [1.165, 1.54) is 0 Å². The molecule has 2 aliphatic rings. The highest BCUT2D eigenvalue weighted by atomic mass is 16.2. The van der Waals surface area contributed by atoms with Crippen LogP contribution in [0, 0.1) is 0 Å². The number of anilines is 1. The fraction of sp³-hybridized carbons (Fsp3) is 0.231. The lowest BCUT2D eigenvalue weighted by Crippen LogP contribution is -2.54. The SMILES string of the molecule is O=C(Nc1cc(-c2cc3c([nH]2)C2(CCCNC2)CNC3=O)ccn1)c1ccc2ccccc2n1. The molecule has 0 aliphatic carbocycles.